The number of rotatable bonds is 5. The maximum absolute atomic E-state index is 5.84. The summed E-state index contributed by atoms with van der Waals surface area (Å²) in [6.07, 6.45) is 0.737. The normalized spacial score (nSPS) is 12.4. The number of hydrogen-bond acceptors (Lipinski definition) is 4. The van der Waals surface area contributed by atoms with E-state index in [9.17, 15) is 0 Å². The second-order valence-corrected chi connectivity index (χ2v) is 5.28. The van der Waals surface area contributed by atoms with Crippen molar-refractivity contribution in [3.63, 3.8) is 0 Å². The molecule has 0 aliphatic rings. The molecule has 2 N–H and O–H groups in total. The molecule has 2 aromatic heterocycles. The Balaban J connectivity index is 2.10. The Hall–Kier alpha value is -1.39. The highest BCUT2D eigenvalue weighted by molar-refractivity contribution is 7.07. The van der Waals surface area contributed by atoms with Crippen molar-refractivity contribution < 1.29 is 4.74 Å². The van der Waals surface area contributed by atoms with Crippen LogP contribution in [0.5, 0.6) is 5.75 Å². The Kier molecular flexibility index (Phi) is 4.33. The second-order valence-electron chi connectivity index (χ2n) is 4.50. The molecule has 0 aliphatic carbocycles. The number of aromatic nitrogens is 1. The zero-order valence-corrected chi connectivity index (χ0v) is 11.5. The molecule has 0 aromatic carbocycles. The van der Waals surface area contributed by atoms with Gasteiger partial charge in [-0.3, -0.25) is 4.98 Å². The zero-order valence-electron chi connectivity index (χ0n) is 10.7. The van der Waals surface area contributed by atoms with E-state index in [-0.39, 0.29) is 6.04 Å². The van der Waals surface area contributed by atoms with E-state index >= 15 is 0 Å². The van der Waals surface area contributed by atoms with E-state index in [4.69, 9.17) is 10.5 Å². The summed E-state index contributed by atoms with van der Waals surface area (Å²) in [7, 11) is 0. The third kappa shape index (κ3) is 3.55. The van der Waals surface area contributed by atoms with E-state index in [2.05, 4.69) is 21.8 Å². The maximum Gasteiger partial charge on any atom is 0.141 e. The summed E-state index contributed by atoms with van der Waals surface area (Å²) in [6, 6.07) is 6.10. The topological polar surface area (TPSA) is 48.1 Å². The molecule has 0 amide bonds. The first kappa shape index (κ1) is 13.1. The molecule has 2 rings (SSSR count). The van der Waals surface area contributed by atoms with Gasteiger partial charge in [-0.05, 0) is 48.4 Å². The standard InChI is InChI=1S/C14H18N2OS/c1-10(15)7-13-14(4-3-11(2)16-13)17-8-12-5-6-18-9-12/h3-6,9-10H,7-8,15H2,1-2H3. The van der Waals surface area contributed by atoms with Gasteiger partial charge >= 0.3 is 0 Å². The van der Waals surface area contributed by atoms with E-state index in [1.807, 2.05) is 26.0 Å². The van der Waals surface area contributed by atoms with Crippen LogP contribution in [0.1, 0.15) is 23.9 Å². The third-order valence-electron chi connectivity index (χ3n) is 2.56. The molecule has 3 nitrogen and oxygen atoms in total. The van der Waals surface area contributed by atoms with Crippen LogP contribution in [0.3, 0.4) is 0 Å². The van der Waals surface area contributed by atoms with Crippen molar-refractivity contribution in [3.05, 3.63) is 45.9 Å². The fourth-order valence-corrected chi connectivity index (χ4v) is 2.37. The predicted molar refractivity (Wildman–Crippen MR) is 75.0 cm³/mol. The van der Waals surface area contributed by atoms with Crippen molar-refractivity contribution in [2.24, 2.45) is 5.73 Å². The number of aryl methyl sites for hydroxylation is 1. The highest BCUT2D eigenvalue weighted by atomic mass is 32.1. The lowest BCUT2D eigenvalue weighted by Gasteiger charge is -2.12. The van der Waals surface area contributed by atoms with E-state index in [1.54, 1.807) is 11.3 Å². The lowest BCUT2D eigenvalue weighted by molar-refractivity contribution is 0.301. The van der Waals surface area contributed by atoms with E-state index in [0.29, 0.717) is 6.61 Å². The predicted octanol–water partition coefficient (Wildman–Crippen LogP) is 2.92. The minimum atomic E-state index is 0.0859. The highest BCUT2D eigenvalue weighted by Crippen LogP contribution is 2.20. The molecule has 0 saturated carbocycles. The van der Waals surface area contributed by atoms with Gasteiger partial charge in [0.2, 0.25) is 0 Å². The molecule has 0 saturated heterocycles. The number of hydrogen-bond donors (Lipinski definition) is 1. The van der Waals surface area contributed by atoms with Gasteiger partial charge in [-0.25, -0.2) is 0 Å². The Bertz CT molecular complexity index is 495. The minimum absolute atomic E-state index is 0.0859. The Labute approximate surface area is 112 Å². The zero-order chi connectivity index (χ0) is 13.0. The van der Waals surface area contributed by atoms with E-state index in [0.717, 1.165) is 23.6 Å². The first-order valence-electron chi connectivity index (χ1n) is 6.01. The molecule has 0 bridgehead atoms. The Morgan fingerprint density at radius 2 is 2.22 bits per heavy atom. The fourth-order valence-electron chi connectivity index (χ4n) is 1.72. The van der Waals surface area contributed by atoms with Gasteiger partial charge < -0.3 is 10.5 Å². The average Bonchev–Trinajstić information content (AvgIpc) is 2.80. The van der Waals surface area contributed by atoms with Crippen LogP contribution < -0.4 is 10.5 Å². The summed E-state index contributed by atoms with van der Waals surface area (Å²) >= 11 is 1.68. The summed E-state index contributed by atoms with van der Waals surface area (Å²) in [5.74, 6) is 0.837. The molecule has 1 atom stereocenters. The molecule has 18 heavy (non-hydrogen) atoms. The maximum atomic E-state index is 5.84. The largest absolute Gasteiger partial charge is 0.487 e. The fraction of sp³-hybridized carbons (Fsp3) is 0.357. The minimum Gasteiger partial charge on any atom is -0.487 e. The van der Waals surface area contributed by atoms with Crippen LogP contribution in [-0.2, 0) is 13.0 Å². The van der Waals surface area contributed by atoms with Crippen molar-refractivity contribution in [1.29, 1.82) is 0 Å². The number of ether oxygens (including phenoxy) is 1. The average molecular weight is 262 g/mol. The molecule has 2 aromatic rings. The molecular formula is C14H18N2OS. The first-order valence-corrected chi connectivity index (χ1v) is 6.95. The van der Waals surface area contributed by atoms with Gasteiger partial charge in [-0.1, -0.05) is 0 Å². The molecule has 0 aliphatic heterocycles. The van der Waals surface area contributed by atoms with E-state index < -0.39 is 0 Å². The SMILES string of the molecule is Cc1ccc(OCc2ccsc2)c(CC(C)N)n1. The van der Waals surface area contributed by atoms with Crippen LogP contribution >= 0.6 is 11.3 Å². The van der Waals surface area contributed by atoms with Gasteiger partial charge in [0.15, 0.2) is 0 Å². The van der Waals surface area contributed by atoms with Crippen LogP contribution in [0.15, 0.2) is 29.0 Å². The Morgan fingerprint density at radius 3 is 2.89 bits per heavy atom. The van der Waals surface area contributed by atoms with Crippen molar-refractivity contribution >= 4 is 11.3 Å². The van der Waals surface area contributed by atoms with Gasteiger partial charge in [0.25, 0.3) is 0 Å². The van der Waals surface area contributed by atoms with Crippen LogP contribution in [0.25, 0.3) is 0 Å². The van der Waals surface area contributed by atoms with Crippen molar-refractivity contribution in [3.8, 4) is 5.75 Å². The molecular weight excluding hydrogens is 244 g/mol. The highest BCUT2D eigenvalue weighted by Gasteiger charge is 2.08. The lowest BCUT2D eigenvalue weighted by atomic mass is 10.1. The summed E-state index contributed by atoms with van der Waals surface area (Å²) in [5, 5.41) is 4.14. The molecule has 0 fully saturated rings. The third-order valence-corrected chi connectivity index (χ3v) is 3.29. The summed E-state index contributed by atoms with van der Waals surface area (Å²) in [5.41, 5.74) is 8.97. The summed E-state index contributed by atoms with van der Waals surface area (Å²) in [6.45, 7) is 4.54. The first-order chi connectivity index (χ1) is 8.65. The molecule has 0 spiro atoms. The number of nitrogens with two attached hydrogens (primary N) is 1. The quantitative estimate of drug-likeness (QED) is 0.901. The van der Waals surface area contributed by atoms with Gasteiger partial charge in [0.05, 0.1) is 5.69 Å². The molecule has 96 valence electrons. The van der Waals surface area contributed by atoms with Crippen molar-refractivity contribution in [1.82, 2.24) is 4.98 Å². The van der Waals surface area contributed by atoms with Crippen LogP contribution in [0, 0.1) is 6.92 Å². The summed E-state index contributed by atoms with van der Waals surface area (Å²) in [4.78, 5) is 4.51. The van der Waals surface area contributed by atoms with E-state index in [1.165, 1.54) is 5.56 Å². The number of nitrogens with zero attached hydrogens (tertiary/aromatic N) is 1. The smallest absolute Gasteiger partial charge is 0.141 e. The molecule has 2 heterocycles. The van der Waals surface area contributed by atoms with Crippen molar-refractivity contribution in [2.45, 2.75) is 32.9 Å². The Morgan fingerprint density at radius 1 is 1.39 bits per heavy atom. The summed E-state index contributed by atoms with van der Waals surface area (Å²) < 4.78 is 5.83. The number of thiophene rings is 1. The number of pyridine rings is 1. The van der Waals surface area contributed by atoms with Gasteiger partial charge in [0, 0.05) is 18.2 Å². The molecule has 4 heteroatoms. The van der Waals surface area contributed by atoms with Gasteiger partial charge in [-0.15, -0.1) is 0 Å². The molecule has 0 radical (unpaired) electrons. The second kappa shape index (κ2) is 5.98. The lowest BCUT2D eigenvalue weighted by Crippen LogP contribution is -2.19. The van der Waals surface area contributed by atoms with Crippen LogP contribution in [-0.4, -0.2) is 11.0 Å². The van der Waals surface area contributed by atoms with Crippen LogP contribution in [0.2, 0.25) is 0 Å². The molecule has 1 unspecified atom stereocenters. The van der Waals surface area contributed by atoms with Crippen LogP contribution in [0.4, 0.5) is 0 Å². The van der Waals surface area contributed by atoms with Crippen molar-refractivity contribution in [2.75, 3.05) is 0 Å². The van der Waals surface area contributed by atoms with Gasteiger partial charge in [-0.2, -0.15) is 11.3 Å². The van der Waals surface area contributed by atoms with Gasteiger partial charge in [0.1, 0.15) is 12.4 Å². The monoisotopic (exact) mass is 262 g/mol.